The van der Waals surface area contributed by atoms with Crippen LogP contribution in [-0.2, 0) is 6.54 Å². The Balaban J connectivity index is 0.000000225. The normalized spacial score (nSPS) is 10.2. The first kappa shape index (κ1) is 29.2. The van der Waals surface area contributed by atoms with Crippen molar-refractivity contribution >= 4 is 46.5 Å². The van der Waals surface area contributed by atoms with Crippen molar-refractivity contribution in [2.75, 3.05) is 0 Å². The topological polar surface area (TPSA) is 243 Å². The molecule has 2 aromatic heterocycles. The van der Waals surface area contributed by atoms with Gasteiger partial charge in [0.25, 0.3) is 21.7 Å². The smallest absolute Gasteiger partial charge is 0.358 e. The van der Waals surface area contributed by atoms with Crippen molar-refractivity contribution in [2.45, 2.75) is 33.1 Å². The summed E-state index contributed by atoms with van der Waals surface area (Å²) >= 11 is 2.29. The molecule has 0 amide bonds. The van der Waals surface area contributed by atoms with Gasteiger partial charge in [-0.05, 0) is 62.6 Å². The van der Waals surface area contributed by atoms with Gasteiger partial charge in [0.05, 0.1) is 22.3 Å². The lowest BCUT2D eigenvalue weighted by molar-refractivity contribution is -0.389. The highest BCUT2D eigenvalue weighted by Crippen LogP contribution is 2.30. The second-order valence-corrected chi connectivity index (χ2v) is 9.38. The van der Waals surface area contributed by atoms with Crippen LogP contribution in [0, 0.1) is 51.8 Å². The van der Waals surface area contributed by atoms with E-state index in [2.05, 4.69) is 15.0 Å². The summed E-state index contributed by atoms with van der Waals surface area (Å²) in [5, 5.41) is 51.6. The second-order valence-electron chi connectivity index (χ2n) is 7.28. The number of rotatable bonds is 10. The number of H-pyrrole nitrogens is 1. The quantitative estimate of drug-likeness (QED) is 0.187. The number of nitrogens with zero attached hydrogens (tertiary/aromatic N) is 8. The molecule has 19 heteroatoms. The fraction of sp³-hybridized carbons (Fsp3) is 0.0952. The van der Waals surface area contributed by atoms with Crippen LogP contribution in [-0.4, -0.2) is 39.2 Å². The van der Waals surface area contributed by atoms with Gasteiger partial charge in [-0.3, -0.25) is 24.8 Å². The van der Waals surface area contributed by atoms with Crippen molar-refractivity contribution in [1.82, 2.24) is 19.5 Å². The molecule has 40 heavy (non-hydrogen) atoms. The molecule has 0 atom stereocenters. The number of aryl methyl sites for hydroxylation is 1. The van der Waals surface area contributed by atoms with Gasteiger partial charge in [-0.15, -0.1) is 0 Å². The molecular formula is C21H15N9O8S2. The van der Waals surface area contributed by atoms with E-state index in [1.165, 1.54) is 47.2 Å². The summed E-state index contributed by atoms with van der Waals surface area (Å²) in [5.74, 6) is -0.498. The molecule has 2 heterocycles. The van der Waals surface area contributed by atoms with Crippen LogP contribution in [0.4, 0.5) is 23.0 Å². The van der Waals surface area contributed by atoms with E-state index in [9.17, 15) is 40.5 Å². The molecule has 0 aliphatic carbocycles. The molecule has 204 valence electrons. The highest BCUT2D eigenvalue weighted by Gasteiger charge is 2.20. The van der Waals surface area contributed by atoms with E-state index in [1.807, 2.05) is 6.07 Å². The fourth-order valence-electron chi connectivity index (χ4n) is 2.81. The number of hydrogen-bond acceptors (Lipinski definition) is 13. The largest absolute Gasteiger partial charge is 0.382 e. The molecule has 0 radical (unpaired) electrons. The molecule has 0 saturated heterocycles. The van der Waals surface area contributed by atoms with Crippen LogP contribution >= 0.6 is 23.5 Å². The van der Waals surface area contributed by atoms with E-state index in [0.717, 1.165) is 29.7 Å². The number of imidazole rings is 2. The molecule has 0 bridgehead atoms. The average Bonchev–Trinajstić information content (AvgIpc) is 3.56. The molecule has 1 N–H and O–H groups in total. The lowest BCUT2D eigenvalue weighted by Gasteiger charge is -2.01. The SMILES string of the molecule is N#CCCn1cc([N+](=O)[O-])nc1Sc1ccc([N+](=O)[O-])cc1.O=[N+]([O-])c1ccc(Sc2ncc([N+](=O)[O-])[nH]2)cc1. The number of non-ortho nitro benzene ring substituents is 2. The molecule has 2 aromatic carbocycles. The van der Waals surface area contributed by atoms with E-state index in [1.54, 1.807) is 12.1 Å². The number of benzene rings is 2. The lowest BCUT2D eigenvalue weighted by atomic mass is 10.3. The number of nitro groups is 4. The van der Waals surface area contributed by atoms with Crippen molar-refractivity contribution in [1.29, 1.82) is 5.26 Å². The van der Waals surface area contributed by atoms with Crippen LogP contribution in [0.3, 0.4) is 0 Å². The zero-order valence-corrected chi connectivity index (χ0v) is 21.5. The summed E-state index contributed by atoms with van der Waals surface area (Å²) < 4.78 is 1.52. The number of aromatic amines is 1. The Morgan fingerprint density at radius 3 is 1.82 bits per heavy atom. The zero-order chi connectivity index (χ0) is 29.2. The summed E-state index contributed by atoms with van der Waals surface area (Å²) in [7, 11) is 0. The van der Waals surface area contributed by atoms with Gasteiger partial charge in [0, 0.05) is 40.6 Å². The average molecular weight is 586 g/mol. The van der Waals surface area contributed by atoms with Crippen LogP contribution in [0.15, 0.2) is 81.0 Å². The van der Waals surface area contributed by atoms with E-state index in [0.29, 0.717) is 20.1 Å². The van der Waals surface area contributed by atoms with Gasteiger partial charge in [-0.25, -0.2) is 9.97 Å². The summed E-state index contributed by atoms with van der Waals surface area (Å²) in [6.07, 6.45) is 2.58. The molecule has 0 fully saturated rings. The molecule has 0 aliphatic rings. The maximum absolute atomic E-state index is 10.8. The minimum absolute atomic E-state index is 0.00947. The number of nitriles is 1. The first-order valence-electron chi connectivity index (χ1n) is 10.7. The molecule has 4 aromatic rings. The van der Waals surface area contributed by atoms with Gasteiger partial charge >= 0.3 is 11.6 Å². The van der Waals surface area contributed by atoms with Crippen LogP contribution in [0.1, 0.15) is 6.42 Å². The van der Waals surface area contributed by atoms with Crippen LogP contribution in [0.2, 0.25) is 0 Å². The van der Waals surface area contributed by atoms with Gasteiger partial charge < -0.3 is 20.2 Å². The molecule has 4 rings (SSSR count). The monoisotopic (exact) mass is 585 g/mol. The Labute approximate surface area is 231 Å². The van der Waals surface area contributed by atoms with Crippen molar-refractivity contribution < 1.29 is 19.7 Å². The van der Waals surface area contributed by atoms with Crippen molar-refractivity contribution in [3.05, 3.63) is 101 Å². The first-order valence-corrected chi connectivity index (χ1v) is 12.3. The first-order chi connectivity index (χ1) is 19.1. The summed E-state index contributed by atoms with van der Waals surface area (Å²) in [4.78, 5) is 51.7. The van der Waals surface area contributed by atoms with Gasteiger partial charge in [0.15, 0.2) is 0 Å². The fourth-order valence-corrected chi connectivity index (χ4v) is 4.45. The highest BCUT2D eigenvalue weighted by atomic mass is 32.2. The molecule has 0 spiro atoms. The Kier molecular flexibility index (Phi) is 9.82. The van der Waals surface area contributed by atoms with E-state index < -0.39 is 19.7 Å². The number of nitrogens with one attached hydrogen (secondary N) is 1. The van der Waals surface area contributed by atoms with Crippen molar-refractivity contribution in [3.63, 3.8) is 0 Å². The zero-order valence-electron chi connectivity index (χ0n) is 19.8. The minimum Gasteiger partial charge on any atom is -0.358 e. The molecular weight excluding hydrogens is 570 g/mol. The minimum atomic E-state index is -0.608. The standard InChI is InChI=1S/C12H9N5O4S.C9H6N4O4S/c13-6-1-7-15-8-11(17(20)21)14-12(15)22-10-4-2-9(3-5-10)16(18)19;14-12(15)6-1-3-7(4-2-6)18-9-10-5-8(11-9)13(16)17/h2-5,8H,1,7H2;1-5H,(H,10,11). The van der Waals surface area contributed by atoms with E-state index in [4.69, 9.17) is 5.26 Å². The number of nitro benzene ring substituents is 2. The maximum atomic E-state index is 10.8. The van der Waals surface area contributed by atoms with Gasteiger partial charge in [0.2, 0.25) is 0 Å². The third-order valence-electron chi connectivity index (χ3n) is 4.63. The summed E-state index contributed by atoms with van der Waals surface area (Å²) in [6, 6.07) is 13.6. The van der Waals surface area contributed by atoms with Crippen LogP contribution in [0.5, 0.6) is 0 Å². The van der Waals surface area contributed by atoms with Gasteiger partial charge in [-0.1, -0.05) is 0 Å². The molecule has 0 aliphatic heterocycles. The third-order valence-corrected chi connectivity index (χ3v) is 6.56. The lowest BCUT2D eigenvalue weighted by Crippen LogP contribution is -1.97. The summed E-state index contributed by atoms with van der Waals surface area (Å²) in [6.45, 7) is 0.284. The van der Waals surface area contributed by atoms with Gasteiger partial charge in [0.1, 0.15) is 12.4 Å². The predicted octanol–water partition coefficient (Wildman–Crippen LogP) is 5.14. The van der Waals surface area contributed by atoms with E-state index >= 15 is 0 Å². The van der Waals surface area contributed by atoms with E-state index in [-0.39, 0.29) is 36.0 Å². The number of hydrogen-bond donors (Lipinski definition) is 1. The Morgan fingerprint density at radius 2 is 1.38 bits per heavy atom. The van der Waals surface area contributed by atoms with Crippen LogP contribution in [0.25, 0.3) is 0 Å². The molecule has 0 unspecified atom stereocenters. The number of aromatic nitrogens is 4. The van der Waals surface area contributed by atoms with Crippen LogP contribution < -0.4 is 0 Å². The second kappa shape index (κ2) is 13.4. The third kappa shape index (κ3) is 8.07. The highest BCUT2D eigenvalue weighted by molar-refractivity contribution is 7.99. The maximum Gasteiger partial charge on any atom is 0.382 e. The van der Waals surface area contributed by atoms with Crippen molar-refractivity contribution in [2.24, 2.45) is 0 Å². The summed E-state index contributed by atoms with van der Waals surface area (Å²) in [5.41, 5.74) is -0.0482. The molecule has 17 nitrogen and oxygen atoms in total. The Morgan fingerprint density at radius 1 is 0.825 bits per heavy atom. The predicted molar refractivity (Wildman–Crippen MR) is 139 cm³/mol. The Bertz CT molecular complexity index is 1580. The van der Waals surface area contributed by atoms with Crippen molar-refractivity contribution in [3.8, 4) is 6.07 Å². The molecule has 0 saturated carbocycles. The van der Waals surface area contributed by atoms with Gasteiger partial charge in [-0.2, -0.15) is 5.26 Å². The Hall–Kier alpha value is -5.35.